The molecule has 0 aromatic rings. The van der Waals surface area contributed by atoms with Gasteiger partial charge in [0.2, 0.25) is 0 Å². The number of hydrogen-bond donors (Lipinski definition) is 4. The summed E-state index contributed by atoms with van der Waals surface area (Å²) >= 11 is 8.67. The molecule has 7 heteroatoms. The van der Waals surface area contributed by atoms with Crippen molar-refractivity contribution >= 4 is 34.8 Å². The maximum atomic E-state index is 9.27. The fourth-order valence-electron chi connectivity index (χ4n) is 1.41. The van der Waals surface area contributed by atoms with Gasteiger partial charge in [-0.05, 0) is 37.3 Å². The number of aliphatic hydroxyl groups excluding tert-OH is 2. The average molecular weight is 312 g/mol. The van der Waals surface area contributed by atoms with Crippen molar-refractivity contribution in [1.82, 2.24) is 11.1 Å². The Morgan fingerprint density at radius 1 is 0.947 bits per heavy atom. The van der Waals surface area contributed by atoms with Crippen molar-refractivity contribution in [2.24, 2.45) is 5.73 Å². The molecule has 5 nitrogen and oxygen atoms in total. The largest absolute Gasteiger partial charge is 0.487 e. The highest BCUT2D eigenvalue weighted by atomic mass is 32.1. The smallest absolute Gasteiger partial charge is 0.256 e. The van der Waals surface area contributed by atoms with Crippen molar-refractivity contribution in [3.8, 4) is 0 Å². The molecule has 0 aromatic heterocycles. The first-order valence-corrected chi connectivity index (χ1v) is 7.23. The fourth-order valence-corrected chi connectivity index (χ4v) is 1.59. The molecule has 0 aromatic carbocycles. The van der Waals surface area contributed by atoms with E-state index in [1.54, 1.807) is 0 Å². The lowest BCUT2D eigenvalue weighted by atomic mass is 10.2. The molecule has 0 saturated heterocycles. The van der Waals surface area contributed by atoms with Crippen LogP contribution < -0.4 is 11.9 Å². The van der Waals surface area contributed by atoms with E-state index in [2.05, 4.69) is 31.8 Å². The first-order chi connectivity index (χ1) is 8.45. The summed E-state index contributed by atoms with van der Waals surface area (Å²) in [5, 5.41) is 16.4. The topological polar surface area (TPSA) is 105 Å². The molecule has 0 aliphatic rings. The van der Waals surface area contributed by atoms with Crippen molar-refractivity contribution < 1.29 is 10.2 Å². The van der Waals surface area contributed by atoms with Crippen molar-refractivity contribution in [2.75, 3.05) is 13.1 Å². The summed E-state index contributed by atoms with van der Waals surface area (Å²) in [4.78, 5) is 1.92. The van der Waals surface area contributed by atoms with Gasteiger partial charge in [-0.1, -0.05) is 39.5 Å². The summed E-state index contributed by atoms with van der Waals surface area (Å²) in [5.41, 5.74) is 4.40. The van der Waals surface area contributed by atoms with E-state index in [4.69, 9.17) is 17.3 Å². The minimum Gasteiger partial charge on any atom is -0.487 e. The molecule has 7 N–H and O–H groups in total. The van der Waals surface area contributed by atoms with Gasteiger partial charge in [0.15, 0.2) is 0 Å². The molecule has 0 unspecified atom stereocenters. The minimum absolute atomic E-state index is 0. The molecule has 0 spiro atoms. The SMILES string of the molecule is CCCCCN(CCCCC)C(O)=S.N.NC(O)=S. The van der Waals surface area contributed by atoms with Crippen LogP contribution in [0.1, 0.15) is 52.4 Å². The summed E-state index contributed by atoms with van der Waals surface area (Å²) in [6.45, 7) is 6.18. The molecular formula is C12H29N3O2S2. The summed E-state index contributed by atoms with van der Waals surface area (Å²) in [6, 6.07) is 0. The molecule has 0 heterocycles. The van der Waals surface area contributed by atoms with Gasteiger partial charge in [0, 0.05) is 13.1 Å². The normalized spacial score (nSPS) is 8.74. The van der Waals surface area contributed by atoms with Gasteiger partial charge in [-0.2, -0.15) is 0 Å². The molecule has 0 saturated carbocycles. The molecule has 0 radical (unpaired) electrons. The second-order valence-corrected chi connectivity index (χ2v) is 4.81. The third kappa shape index (κ3) is 22.9. The molecule has 116 valence electrons. The summed E-state index contributed by atoms with van der Waals surface area (Å²) in [6.07, 6.45) is 7.11. The van der Waals surface area contributed by atoms with Gasteiger partial charge in [-0.15, -0.1) is 0 Å². The van der Waals surface area contributed by atoms with Gasteiger partial charge >= 0.3 is 0 Å². The molecule has 19 heavy (non-hydrogen) atoms. The minimum atomic E-state index is -0.500. The average Bonchev–Trinajstić information content (AvgIpc) is 2.26. The van der Waals surface area contributed by atoms with Crippen molar-refractivity contribution in [1.29, 1.82) is 0 Å². The summed E-state index contributed by atoms with van der Waals surface area (Å²) < 4.78 is 0. The molecule has 0 amide bonds. The van der Waals surface area contributed by atoms with Crippen LogP contribution in [0.3, 0.4) is 0 Å². The van der Waals surface area contributed by atoms with E-state index in [0.717, 1.165) is 25.9 Å². The van der Waals surface area contributed by atoms with Crippen molar-refractivity contribution in [2.45, 2.75) is 52.4 Å². The number of nitrogens with zero attached hydrogens (tertiary/aromatic N) is 1. The lowest BCUT2D eigenvalue weighted by Gasteiger charge is -2.21. The van der Waals surface area contributed by atoms with Crippen LogP contribution in [0, 0.1) is 0 Å². The number of rotatable bonds is 8. The van der Waals surface area contributed by atoms with Gasteiger partial charge < -0.3 is 27.0 Å². The number of hydrogen-bond acceptors (Lipinski definition) is 3. The van der Waals surface area contributed by atoms with E-state index in [1.165, 1.54) is 25.7 Å². The number of unbranched alkanes of at least 4 members (excludes halogenated alkanes) is 4. The van der Waals surface area contributed by atoms with E-state index in [9.17, 15) is 5.11 Å². The Morgan fingerprint density at radius 3 is 1.47 bits per heavy atom. The summed E-state index contributed by atoms with van der Waals surface area (Å²) in [5.74, 6) is 0. The standard InChI is InChI=1S/C11H23NOS.CH3NOS.H3N/c1-3-5-7-9-12(11(13)14)10-8-6-4-2;2-1(3)4;/h3-10H2,1-2H3,(H,13,14);(H3,2,3,4);1H3. The fraction of sp³-hybridized carbons (Fsp3) is 0.833. The molecule has 0 bridgehead atoms. The first kappa shape index (κ1) is 23.4. The third-order valence-corrected chi connectivity index (χ3v) is 2.59. The zero-order chi connectivity index (χ0) is 14.4. The van der Waals surface area contributed by atoms with E-state index >= 15 is 0 Å². The van der Waals surface area contributed by atoms with E-state index in [0.29, 0.717) is 0 Å². The van der Waals surface area contributed by atoms with Gasteiger partial charge in [0.25, 0.3) is 10.3 Å². The quantitative estimate of drug-likeness (QED) is 0.402. The van der Waals surface area contributed by atoms with Crippen LogP contribution in [0.5, 0.6) is 0 Å². The molecule has 0 atom stereocenters. The van der Waals surface area contributed by atoms with Crippen LogP contribution in [0.4, 0.5) is 0 Å². The predicted molar refractivity (Wildman–Crippen MR) is 90.3 cm³/mol. The third-order valence-electron chi connectivity index (χ3n) is 2.33. The van der Waals surface area contributed by atoms with Crippen LogP contribution in [0.15, 0.2) is 0 Å². The molecule has 0 aliphatic heterocycles. The zero-order valence-corrected chi connectivity index (χ0v) is 13.7. The second-order valence-electron chi connectivity index (χ2n) is 4.02. The predicted octanol–water partition coefficient (Wildman–Crippen LogP) is 3.46. The maximum Gasteiger partial charge on any atom is 0.256 e. The Balaban J connectivity index is -0.000000448. The monoisotopic (exact) mass is 311 g/mol. The lowest BCUT2D eigenvalue weighted by Crippen LogP contribution is -2.31. The van der Waals surface area contributed by atoms with Crippen molar-refractivity contribution in [3.05, 3.63) is 0 Å². The summed E-state index contributed by atoms with van der Waals surface area (Å²) in [7, 11) is 0. The Kier molecular flexibility index (Phi) is 21.4. The van der Waals surface area contributed by atoms with Crippen LogP contribution in [0.25, 0.3) is 0 Å². The number of aliphatic hydroxyl groups is 2. The van der Waals surface area contributed by atoms with Gasteiger partial charge in [-0.3, -0.25) is 0 Å². The number of nitrogens with two attached hydrogens (primary N) is 1. The highest BCUT2D eigenvalue weighted by Gasteiger charge is 2.06. The van der Waals surface area contributed by atoms with Crippen molar-refractivity contribution in [3.63, 3.8) is 0 Å². The van der Waals surface area contributed by atoms with E-state index in [1.807, 2.05) is 4.90 Å². The van der Waals surface area contributed by atoms with Crippen LogP contribution >= 0.6 is 24.4 Å². The molecule has 0 rings (SSSR count). The van der Waals surface area contributed by atoms with E-state index in [-0.39, 0.29) is 11.3 Å². The molecule has 0 fully saturated rings. The maximum absolute atomic E-state index is 9.27. The Hall–Kier alpha value is -0.660. The van der Waals surface area contributed by atoms with Gasteiger partial charge in [0.05, 0.1) is 0 Å². The second kappa shape index (κ2) is 17.3. The highest BCUT2D eigenvalue weighted by molar-refractivity contribution is 7.80. The zero-order valence-electron chi connectivity index (χ0n) is 12.1. The van der Waals surface area contributed by atoms with Crippen LogP contribution in [0.2, 0.25) is 0 Å². The number of thiocarbonyl (C=S) groups is 2. The Bertz CT molecular complexity index is 215. The first-order valence-electron chi connectivity index (χ1n) is 6.41. The van der Waals surface area contributed by atoms with Crippen LogP contribution in [-0.2, 0) is 0 Å². The highest BCUT2D eigenvalue weighted by Crippen LogP contribution is 2.03. The molecule has 0 aliphatic carbocycles. The Morgan fingerprint density at radius 2 is 1.26 bits per heavy atom. The van der Waals surface area contributed by atoms with Crippen LogP contribution in [-0.4, -0.2) is 38.6 Å². The lowest BCUT2D eigenvalue weighted by molar-refractivity contribution is 0.329. The van der Waals surface area contributed by atoms with Gasteiger partial charge in [-0.25, -0.2) is 0 Å². The van der Waals surface area contributed by atoms with Gasteiger partial charge in [0.1, 0.15) is 0 Å². The Labute approximate surface area is 127 Å². The van der Waals surface area contributed by atoms with E-state index < -0.39 is 5.17 Å². The molecular weight excluding hydrogens is 282 g/mol.